The summed E-state index contributed by atoms with van der Waals surface area (Å²) >= 11 is 0. The Morgan fingerprint density at radius 2 is 2.11 bits per heavy atom. The molecule has 1 unspecified atom stereocenters. The zero-order valence-electron chi connectivity index (χ0n) is 11.3. The summed E-state index contributed by atoms with van der Waals surface area (Å²) in [5.74, 6) is -0.0875. The molecule has 1 aliphatic carbocycles. The number of nitrogens with zero attached hydrogens (tertiary/aromatic N) is 1. The molecule has 0 aromatic rings. The lowest BCUT2D eigenvalue weighted by Crippen LogP contribution is -2.44. The molecular weight excluding hydrogens is 232 g/mol. The van der Waals surface area contributed by atoms with E-state index < -0.39 is 5.97 Å². The number of hydrogen-bond acceptors (Lipinski definition) is 2. The Bertz CT molecular complexity index is 290. The van der Waals surface area contributed by atoms with Gasteiger partial charge in [0, 0.05) is 25.6 Å². The zero-order chi connectivity index (χ0) is 13.5. The van der Waals surface area contributed by atoms with Gasteiger partial charge in [0.25, 0.3) is 0 Å². The Balaban J connectivity index is 2.21. The number of urea groups is 1. The standard InChI is InChI=1S/C13H24N2O3/c1-3-15(9-11-7-8-11)13(18)14-10(2)5-4-6-12(16)17/h10-11H,3-9H2,1-2H3,(H,14,18)(H,16,17). The molecule has 1 fully saturated rings. The molecule has 5 nitrogen and oxygen atoms in total. The second-order valence-corrected chi connectivity index (χ2v) is 5.12. The normalized spacial score (nSPS) is 16.1. The van der Waals surface area contributed by atoms with E-state index in [1.165, 1.54) is 12.8 Å². The van der Waals surface area contributed by atoms with E-state index in [-0.39, 0.29) is 18.5 Å². The Morgan fingerprint density at radius 1 is 1.44 bits per heavy atom. The summed E-state index contributed by atoms with van der Waals surface area (Å²) in [6.07, 6.45) is 3.94. The van der Waals surface area contributed by atoms with Crippen LogP contribution in [0.25, 0.3) is 0 Å². The molecule has 0 radical (unpaired) electrons. The van der Waals surface area contributed by atoms with E-state index >= 15 is 0 Å². The number of hydrogen-bond donors (Lipinski definition) is 2. The number of nitrogens with one attached hydrogen (secondary N) is 1. The predicted molar refractivity (Wildman–Crippen MR) is 69.5 cm³/mol. The summed E-state index contributed by atoms with van der Waals surface area (Å²) in [5, 5.41) is 11.5. The molecule has 0 bridgehead atoms. The predicted octanol–water partition coefficient (Wildman–Crippen LogP) is 2.07. The highest BCUT2D eigenvalue weighted by atomic mass is 16.4. The fourth-order valence-corrected chi connectivity index (χ4v) is 1.90. The highest BCUT2D eigenvalue weighted by Crippen LogP contribution is 2.29. The molecule has 104 valence electrons. The molecule has 0 spiro atoms. The van der Waals surface area contributed by atoms with Crippen molar-refractivity contribution in [3.8, 4) is 0 Å². The van der Waals surface area contributed by atoms with Gasteiger partial charge < -0.3 is 15.3 Å². The van der Waals surface area contributed by atoms with Gasteiger partial charge in [0.2, 0.25) is 0 Å². The van der Waals surface area contributed by atoms with Crippen LogP contribution < -0.4 is 5.32 Å². The van der Waals surface area contributed by atoms with Crippen LogP contribution in [0.2, 0.25) is 0 Å². The van der Waals surface area contributed by atoms with E-state index in [1.54, 1.807) is 0 Å². The Hall–Kier alpha value is -1.26. The van der Waals surface area contributed by atoms with Gasteiger partial charge in [-0.2, -0.15) is 0 Å². The largest absolute Gasteiger partial charge is 0.481 e. The van der Waals surface area contributed by atoms with Crippen molar-refractivity contribution < 1.29 is 14.7 Å². The molecule has 2 amide bonds. The number of carboxylic acid groups (broad SMARTS) is 1. The van der Waals surface area contributed by atoms with Crippen LogP contribution in [-0.2, 0) is 4.79 Å². The number of rotatable bonds is 8. The van der Waals surface area contributed by atoms with Gasteiger partial charge >= 0.3 is 12.0 Å². The lowest BCUT2D eigenvalue weighted by atomic mass is 10.1. The summed E-state index contributed by atoms with van der Waals surface area (Å²) in [6, 6.07) is 0.0114. The topological polar surface area (TPSA) is 69.6 Å². The van der Waals surface area contributed by atoms with Crippen molar-refractivity contribution in [2.45, 2.75) is 52.0 Å². The minimum absolute atomic E-state index is 0.0211. The fraction of sp³-hybridized carbons (Fsp3) is 0.846. The molecule has 1 saturated carbocycles. The highest BCUT2D eigenvalue weighted by molar-refractivity contribution is 5.74. The van der Waals surface area contributed by atoms with Gasteiger partial charge in [0.05, 0.1) is 0 Å². The van der Waals surface area contributed by atoms with Crippen LogP contribution in [0.3, 0.4) is 0 Å². The van der Waals surface area contributed by atoms with E-state index in [9.17, 15) is 9.59 Å². The highest BCUT2D eigenvalue weighted by Gasteiger charge is 2.26. The number of carboxylic acids is 1. The van der Waals surface area contributed by atoms with Crippen molar-refractivity contribution in [1.29, 1.82) is 0 Å². The average Bonchev–Trinajstić information content (AvgIpc) is 3.08. The minimum atomic E-state index is -0.780. The summed E-state index contributed by atoms with van der Waals surface area (Å²) < 4.78 is 0. The third-order valence-electron chi connectivity index (χ3n) is 3.24. The van der Waals surface area contributed by atoms with E-state index in [1.807, 2.05) is 18.7 Å². The molecule has 1 rings (SSSR count). The molecule has 0 aliphatic heterocycles. The molecule has 18 heavy (non-hydrogen) atoms. The second-order valence-electron chi connectivity index (χ2n) is 5.12. The van der Waals surface area contributed by atoms with E-state index in [0.717, 1.165) is 13.1 Å². The van der Waals surface area contributed by atoms with Gasteiger partial charge in [-0.1, -0.05) is 0 Å². The monoisotopic (exact) mass is 256 g/mol. The first-order chi connectivity index (χ1) is 8.52. The van der Waals surface area contributed by atoms with Crippen LogP contribution in [0.1, 0.15) is 46.0 Å². The van der Waals surface area contributed by atoms with Crippen LogP contribution in [0.4, 0.5) is 4.79 Å². The van der Waals surface area contributed by atoms with Crippen molar-refractivity contribution in [3.05, 3.63) is 0 Å². The molecule has 5 heteroatoms. The van der Waals surface area contributed by atoms with Crippen LogP contribution in [0.5, 0.6) is 0 Å². The number of amides is 2. The quantitative estimate of drug-likeness (QED) is 0.698. The number of aliphatic carboxylic acids is 1. The SMILES string of the molecule is CCN(CC1CC1)C(=O)NC(C)CCCC(=O)O. The maximum absolute atomic E-state index is 11.9. The molecule has 1 atom stereocenters. The smallest absolute Gasteiger partial charge is 0.317 e. The van der Waals surface area contributed by atoms with E-state index in [2.05, 4.69) is 5.32 Å². The van der Waals surface area contributed by atoms with Gasteiger partial charge in [0.1, 0.15) is 0 Å². The maximum atomic E-state index is 11.9. The van der Waals surface area contributed by atoms with Crippen LogP contribution in [-0.4, -0.2) is 41.1 Å². The van der Waals surface area contributed by atoms with Gasteiger partial charge in [-0.05, 0) is 45.4 Å². The van der Waals surface area contributed by atoms with Crippen molar-refractivity contribution in [1.82, 2.24) is 10.2 Å². The first-order valence-electron chi connectivity index (χ1n) is 6.80. The lowest BCUT2D eigenvalue weighted by Gasteiger charge is -2.23. The number of carbonyl (C=O) groups is 2. The molecule has 0 aromatic heterocycles. The number of carbonyl (C=O) groups excluding carboxylic acids is 1. The Labute approximate surface area is 109 Å². The maximum Gasteiger partial charge on any atom is 0.317 e. The van der Waals surface area contributed by atoms with Gasteiger partial charge in [-0.15, -0.1) is 0 Å². The minimum Gasteiger partial charge on any atom is -0.481 e. The summed E-state index contributed by atoms with van der Waals surface area (Å²) in [7, 11) is 0. The lowest BCUT2D eigenvalue weighted by molar-refractivity contribution is -0.137. The Morgan fingerprint density at radius 3 is 2.61 bits per heavy atom. The molecule has 0 saturated heterocycles. The van der Waals surface area contributed by atoms with Crippen LogP contribution in [0.15, 0.2) is 0 Å². The third kappa shape index (κ3) is 5.89. The summed E-state index contributed by atoms with van der Waals surface area (Å²) in [6.45, 7) is 5.48. The molecular formula is C13H24N2O3. The van der Waals surface area contributed by atoms with Crippen LogP contribution in [0, 0.1) is 5.92 Å². The second kappa shape index (κ2) is 7.24. The van der Waals surface area contributed by atoms with Gasteiger partial charge in [0.15, 0.2) is 0 Å². The molecule has 1 aliphatic rings. The Kier molecular flexibility index (Phi) is 5.95. The van der Waals surface area contributed by atoms with Gasteiger partial charge in [-0.25, -0.2) is 4.79 Å². The third-order valence-corrected chi connectivity index (χ3v) is 3.24. The first-order valence-corrected chi connectivity index (χ1v) is 6.80. The summed E-state index contributed by atoms with van der Waals surface area (Å²) in [4.78, 5) is 24.2. The van der Waals surface area contributed by atoms with Crippen molar-refractivity contribution >= 4 is 12.0 Å². The summed E-state index contributed by atoms with van der Waals surface area (Å²) in [5.41, 5.74) is 0. The average molecular weight is 256 g/mol. The fourth-order valence-electron chi connectivity index (χ4n) is 1.90. The first kappa shape index (κ1) is 14.8. The molecule has 0 aromatic carbocycles. The van der Waals surface area contributed by atoms with Crippen molar-refractivity contribution in [2.24, 2.45) is 5.92 Å². The van der Waals surface area contributed by atoms with Crippen molar-refractivity contribution in [2.75, 3.05) is 13.1 Å². The van der Waals surface area contributed by atoms with E-state index in [0.29, 0.717) is 18.8 Å². The van der Waals surface area contributed by atoms with Gasteiger partial charge in [-0.3, -0.25) is 4.79 Å². The van der Waals surface area contributed by atoms with E-state index in [4.69, 9.17) is 5.11 Å². The van der Waals surface area contributed by atoms with Crippen molar-refractivity contribution in [3.63, 3.8) is 0 Å². The zero-order valence-corrected chi connectivity index (χ0v) is 11.3. The molecule has 0 heterocycles. The van der Waals surface area contributed by atoms with Crippen LogP contribution >= 0.6 is 0 Å². The molecule has 2 N–H and O–H groups in total.